The zero-order valence-electron chi connectivity index (χ0n) is 18.8. The highest BCUT2D eigenvalue weighted by molar-refractivity contribution is 5.92. The van der Waals surface area contributed by atoms with Crippen LogP contribution in [0.1, 0.15) is 61.2 Å². The van der Waals surface area contributed by atoms with Gasteiger partial charge in [-0.15, -0.1) is 0 Å². The molecule has 0 aliphatic rings. The van der Waals surface area contributed by atoms with Crippen molar-refractivity contribution in [3.63, 3.8) is 0 Å². The number of amides is 3. The van der Waals surface area contributed by atoms with Crippen LogP contribution in [-0.2, 0) is 12.0 Å². The molecule has 7 heteroatoms. The van der Waals surface area contributed by atoms with Gasteiger partial charge in [0.15, 0.2) is 5.76 Å². The minimum Gasteiger partial charge on any atom is -0.486 e. The molecule has 0 bridgehead atoms. The molecule has 0 aliphatic heterocycles. The molecular weight excluding hydrogens is 406 g/mol. The Morgan fingerprint density at radius 1 is 0.938 bits per heavy atom. The Balaban J connectivity index is 1.45. The number of hydrazine groups is 1. The molecule has 1 unspecified atom stereocenters. The summed E-state index contributed by atoms with van der Waals surface area (Å²) < 4.78 is 11.1. The SMILES string of the molecule is CC(NC(=O)NNC(=O)c1ccc(COc2ccccc2)o1)c1ccc(C(C)(C)C)cc1. The quantitative estimate of drug-likeness (QED) is 0.482. The summed E-state index contributed by atoms with van der Waals surface area (Å²) in [5.41, 5.74) is 6.93. The molecule has 1 aromatic heterocycles. The number of hydrogen-bond donors (Lipinski definition) is 3. The Morgan fingerprint density at radius 3 is 2.28 bits per heavy atom. The number of furan rings is 1. The average Bonchev–Trinajstić information content (AvgIpc) is 3.25. The van der Waals surface area contributed by atoms with Crippen LogP contribution in [0.2, 0.25) is 0 Å². The van der Waals surface area contributed by atoms with E-state index in [1.807, 2.05) is 49.4 Å². The van der Waals surface area contributed by atoms with E-state index in [-0.39, 0.29) is 23.8 Å². The summed E-state index contributed by atoms with van der Waals surface area (Å²) in [6, 6.07) is 19.8. The van der Waals surface area contributed by atoms with Gasteiger partial charge in [-0.2, -0.15) is 0 Å². The fourth-order valence-corrected chi connectivity index (χ4v) is 3.01. The normalized spacial score (nSPS) is 12.0. The second kappa shape index (κ2) is 10.0. The molecule has 0 spiro atoms. The summed E-state index contributed by atoms with van der Waals surface area (Å²) in [6.45, 7) is 8.52. The molecule has 0 saturated carbocycles. The summed E-state index contributed by atoms with van der Waals surface area (Å²) in [5.74, 6) is 0.710. The van der Waals surface area contributed by atoms with Crippen LogP contribution in [0.25, 0.3) is 0 Å². The van der Waals surface area contributed by atoms with Crippen molar-refractivity contribution < 1.29 is 18.7 Å². The van der Waals surface area contributed by atoms with E-state index >= 15 is 0 Å². The zero-order valence-corrected chi connectivity index (χ0v) is 18.8. The first-order valence-electron chi connectivity index (χ1n) is 10.5. The maximum atomic E-state index is 12.2. The van der Waals surface area contributed by atoms with Crippen LogP contribution in [0.3, 0.4) is 0 Å². The Labute approximate surface area is 188 Å². The summed E-state index contributed by atoms with van der Waals surface area (Å²) in [5, 5.41) is 2.79. The fourth-order valence-electron chi connectivity index (χ4n) is 3.01. The van der Waals surface area contributed by atoms with Crippen LogP contribution in [-0.4, -0.2) is 11.9 Å². The smallest absolute Gasteiger partial charge is 0.333 e. The van der Waals surface area contributed by atoms with Gasteiger partial charge in [0.05, 0.1) is 6.04 Å². The van der Waals surface area contributed by atoms with Gasteiger partial charge >= 0.3 is 11.9 Å². The van der Waals surface area contributed by atoms with E-state index in [9.17, 15) is 9.59 Å². The van der Waals surface area contributed by atoms with E-state index in [4.69, 9.17) is 9.15 Å². The monoisotopic (exact) mass is 435 g/mol. The molecule has 3 aromatic rings. The lowest BCUT2D eigenvalue weighted by Crippen LogP contribution is -2.47. The molecule has 32 heavy (non-hydrogen) atoms. The zero-order chi connectivity index (χ0) is 23.1. The number of para-hydroxylation sites is 1. The van der Waals surface area contributed by atoms with Crippen LogP contribution >= 0.6 is 0 Å². The summed E-state index contributed by atoms with van der Waals surface area (Å²) in [4.78, 5) is 24.4. The van der Waals surface area contributed by atoms with Gasteiger partial charge < -0.3 is 14.5 Å². The first-order chi connectivity index (χ1) is 15.2. The second-order valence-corrected chi connectivity index (χ2v) is 8.51. The largest absolute Gasteiger partial charge is 0.486 e. The Hall–Kier alpha value is -3.74. The number of nitrogens with one attached hydrogen (secondary N) is 3. The highest BCUT2D eigenvalue weighted by Crippen LogP contribution is 2.23. The van der Waals surface area contributed by atoms with Crippen molar-refractivity contribution in [1.82, 2.24) is 16.2 Å². The summed E-state index contributed by atoms with van der Waals surface area (Å²) in [7, 11) is 0. The van der Waals surface area contributed by atoms with Crippen LogP contribution in [0.5, 0.6) is 5.75 Å². The Morgan fingerprint density at radius 2 is 1.62 bits per heavy atom. The van der Waals surface area contributed by atoms with Crippen molar-refractivity contribution in [3.05, 3.63) is 89.4 Å². The van der Waals surface area contributed by atoms with Gasteiger partial charge in [0, 0.05) is 0 Å². The van der Waals surface area contributed by atoms with E-state index in [0.29, 0.717) is 11.5 Å². The van der Waals surface area contributed by atoms with Crippen molar-refractivity contribution >= 4 is 11.9 Å². The fraction of sp³-hybridized carbons (Fsp3) is 0.280. The van der Waals surface area contributed by atoms with Gasteiger partial charge in [0.2, 0.25) is 0 Å². The Bertz CT molecular complexity index is 1040. The molecule has 2 aromatic carbocycles. The molecule has 0 radical (unpaired) electrons. The standard InChI is InChI=1S/C25H29N3O4/c1-17(18-10-12-19(13-11-18)25(2,3)4)26-24(30)28-27-23(29)22-15-14-21(32-22)16-31-20-8-6-5-7-9-20/h5-15,17H,16H2,1-4H3,(H,27,29)(H2,26,28,30). The van der Waals surface area contributed by atoms with Gasteiger partial charge in [0.1, 0.15) is 18.1 Å². The number of rotatable bonds is 6. The number of benzene rings is 2. The molecule has 168 valence electrons. The maximum absolute atomic E-state index is 12.2. The Kier molecular flexibility index (Phi) is 7.20. The topological polar surface area (TPSA) is 92.6 Å². The van der Waals surface area contributed by atoms with Crippen molar-refractivity contribution in [2.24, 2.45) is 0 Å². The highest BCUT2D eigenvalue weighted by atomic mass is 16.5. The van der Waals surface area contributed by atoms with Crippen LogP contribution in [0.15, 0.2) is 71.1 Å². The molecular formula is C25H29N3O4. The molecule has 3 N–H and O–H groups in total. The first kappa shape index (κ1) is 22.9. The molecule has 3 amide bonds. The van der Waals surface area contributed by atoms with Gasteiger partial charge in [0.25, 0.3) is 0 Å². The lowest BCUT2D eigenvalue weighted by Gasteiger charge is -2.20. The van der Waals surface area contributed by atoms with Gasteiger partial charge in [-0.1, -0.05) is 63.2 Å². The van der Waals surface area contributed by atoms with E-state index in [0.717, 1.165) is 5.56 Å². The molecule has 7 nitrogen and oxygen atoms in total. The first-order valence-corrected chi connectivity index (χ1v) is 10.5. The van der Waals surface area contributed by atoms with Crippen LogP contribution in [0.4, 0.5) is 4.79 Å². The summed E-state index contributed by atoms with van der Waals surface area (Å²) in [6.07, 6.45) is 0. The van der Waals surface area contributed by atoms with E-state index < -0.39 is 11.9 Å². The molecule has 3 rings (SSSR count). The third-order valence-electron chi connectivity index (χ3n) is 4.92. The van der Waals surface area contributed by atoms with E-state index in [1.54, 1.807) is 6.07 Å². The van der Waals surface area contributed by atoms with Gasteiger partial charge in [-0.3, -0.25) is 10.2 Å². The van der Waals surface area contributed by atoms with Crippen molar-refractivity contribution in [2.75, 3.05) is 0 Å². The van der Waals surface area contributed by atoms with Crippen LogP contribution in [0, 0.1) is 0 Å². The van der Waals surface area contributed by atoms with Gasteiger partial charge in [-0.05, 0) is 47.7 Å². The molecule has 0 saturated heterocycles. The minimum atomic E-state index is -0.562. The second-order valence-electron chi connectivity index (χ2n) is 8.51. The van der Waals surface area contributed by atoms with Gasteiger partial charge in [-0.25, -0.2) is 10.2 Å². The molecule has 0 aliphatic carbocycles. The predicted octanol–water partition coefficient (Wildman–Crippen LogP) is 4.86. The lowest BCUT2D eigenvalue weighted by atomic mass is 9.86. The minimum absolute atomic E-state index is 0.0657. The molecule has 0 fully saturated rings. The lowest BCUT2D eigenvalue weighted by molar-refractivity contribution is 0.0904. The average molecular weight is 436 g/mol. The predicted molar refractivity (Wildman–Crippen MR) is 122 cm³/mol. The van der Waals surface area contributed by atoms with E-state index in [1.165, 1.54) is 11.6 Å². The number of urea groups is 1. The van der Waals surface area contributed by atoms with Crippen molar-refractivity contribution in [2.45, 2.75) is 45.8 Å². The third kappa shape index (κ3) is 6.38. The highest BCUT2D eigenvalue weighted by Gasteiger charge is 2.16. The number of carbonyl (C=O) groups is 2. The molecule has 1 atom stereocenters. The summed E-state index contributed by atoms with van der Waals surface area (Å²) >= 11 is 0. The number of ether oxygens (including phenoxy) is 1. The third-order valence-corrected chi connectivity index (χ3v) is 4.92. The van der Waals surface area contributed by atoms with Crippen molar-refractivity contribution in [1.29, 1.82) is 0 Å². The van der Waals surface area contributed by atoms with Crippen LogP contribution < -0.4 is 20.9 Å². The van der Waals surface area contributed by atoms with E-state index in [2.05, 4.69) is 49.1 Å². The number of carbonyl (C=O) groups excluding carboxylic acids is 2. The maximum Gasteiger partial charge on any atom is 0.333 e. The van der Waals surface area contributed by atoms with Crippen molar-refractivity contribution in [3.8, 4) is 5.75 Å². The molecule has 1 heterocycles. The number of hydrogen-bond acceptors (Lipinski definition) is 4.